The molecule has 0 saturated carbocycles. The minimum atomic E-state index is -0.386. The predicted octanol–water partition coefficient (Wildman–Crippen LogP) is 2.37. The van der Waals surface area contributed by atoms with Crippen LogP contribution in [0.15, 0.2) is 41.5 Å². The van der Waals surface area contributed by atoms with Gasteiger partial charge in [-0.05, 0) is 42.8 Å². The van der Waals surface area contributed by atoms with E-state index in [1.807, 2.05) is 49.1 Å². The maximum Gasteiger partial charge on any atom is 0.319 e. The summed E-state index contributed by atoms with van der Waals surface area (Å²) in [5, 5.41) is 14.4. The van der Waals surface area contributed by atoms with Crippen molar-refractivity contribution < 1.29 is 9.18 Å². The number of guanidine groups is 1. The summed E-state index contributed by atoms with van der Waals surface area (Å²) in [5.41, 5.74) is 2.87. The molecule has 3 rings (SSSR count). The highest BCUT2D eigenvalue weighted by atomic mass is 19.1. The molecule has 2 heterocycles. The average molecular weight is 439 g/mol. The van der Waals surface area contributed by atoms with Crippen molar-refractivity contribution in [3.05, 3.63) is 53.6 Å². The summed E-state index contributed by atoms with van der Waals surface area (Å²) in [6, 6.07) is 7.98. The van der Waals surface area contributed by atoms with E-state index >= 15 is 0 Å². The first kappa shape index (κ1) is 22.8. The predicted molar refractivity (Wildman–Crippen MR) is 122 cm³/mol. The van der Waals surface area contributed by atoms with Gasteiger partial charge in [0.15, 0.2) is 0 Å². The first-order valence-electron chi connectivity index (χ1n) is 10.3. The van der Waals surface area contributed by atoms with E-state index in [2.05, 4.69) is 25.5 Å². The maximum atomic E-state index is 14.3. The molecule has 1 aromatic heterocycles. The molecule has 0 bridgehead atoms. The monoisotopic (exact) mass is 438 g/mol. The van der Waals surface area contributed by atoms with Crippen LogP contribution in [-0.4, -0.2) is 67.0 Å². The van der Waals surface area contributed by atoms with E-state index in [0.717, 1.165) is 11.4 Å². The van der Waals surface area contributed by atoms with Gasteiger partial charge in [-0.3, -0.25) is 4.98 Å². The normalized spacial score (nSPS) is 14.0. The van der Waals surface area contributed by atoms with E-state index in [0.29, 0.717) is 43.4 Å². The summed E-state index contributed by atoms with van der Waals surface area (Å²) in [7, 11) is 3.69. The Hall–Kier alpha value is -3.87. The van der Waals surface area contributed by atoms with Crippen LogP contribution in [0, 0.1) is 24.2 Å². The lowest BCUT2D eigenvalue weighted by Crippen LogP contribution is -2.52. The Bertz CT molecular complexity index is 1010. The second kappa shape index (κ2) is 10.4. The van der Waals surface area contributed by atoms with Gasteiger partial charge in [-0.1, -0.05) is 0 Å². The zero-order valence-electron chi connectivity index (χ0n) is 18.5. The molecule has 1 aliphatic rings. The molecule has 0 atom stereocenters. The van der Waals surface area contributed by atoms with Crippen LogP contribution in [0.25, 0.3) is 0 Å². The fourth-order valence-corrected chi connectivity index (χ4v) is 3.48. The second-order valence-electron chi connectivity index (χ2n) is 7.69. The van der Waals surface area contributed by atoms with Gasteiger partial charge in [-0.25, -0.2) is 9.18 Å². The molecule has 0 aliphatic carbocycles. The number of rotatable bonds is 4. The number of urea groups is 1. The number of pyridine rings is 1. The first-order valence-corrected chi connectivity index (χ1v) is 10.3. The van der Waals surface area contributed by atoms with Gasteiger partial charge in [0.2, 0.25) is 12.2 Å². The highest BCUT2D eigenvalue weighted by Gasteiger charge is 2.22. The van der Waals surface area contributed by atoms with E-state index in [9.17, 15) is 9.18 Å². The quantitative estimate of drug-likeness (QED) is 0.432. The Balaban J connectivity index is 1.59. The number of carbonyl (C=O) groups is 1. The molecular weight excluding hydrogens is 411 g/mol. The lowest BCUT2D eigenvalue weighted by Gasteiger charge is -2.38. The highest BCUT2D eigenvalue weighted by molar-refractivity contribution is 5.89. The van der Waals surface area contributed by atoms with E-state index in [4.69, 9.17) is 5.26 Å². The molecule has 1 aromatic carbocycles. The van der Waals surface area contributed by atoms with Crippen LogP contribution in [0.1, 0.15) is 11.3 Å². The summed E-state index contributed by atoms with van der Waals surface area (Å²) < 4.78 is 14.3. The number of anilines is 2. The number of halogens is 1. The number of amides is 2. The molecule has 2 N–H and O–H groups in total. The van der Waals surface area contributed by atoms with Gasteiger partial charge in [-0.2, -0.15) is 5.26 Å². The minimum Gasteiger partial charge on any atom is -0.368 e. The zero-order chi connectivity index (χ0) is 23.1. The number of piperazine rings is 1. The molecule has 0 radical (unpaired) electrons. The summed E-state index contributed by atoms with van der Waals surface area (Å²) in [6.07, 6.45) is 3.42. The molecule has 168 valence electrons. The average Bonchev–Trinajstić information content (AvgIpc) is 2.77. The Labute approximate surface area is 187 Å². The van der Waals surface area contributed by atoms with Crippen molar-refractivity contribution in [2.24, 2.45) is 4.99 Å². The molecule has 10 heteroatoms. The van der Waals surface area contributed by atoms with Crippen LogP contribution in [0.4, 0.5) is 20.6 Å². The minimum absolute atomic E-state index is 0.190. The van der Waals surface area contributed by atoms with Gasteiger partial charge in [0.05, 0.1) is 11.9 Å². The number of aliphatic imine (C=N–C) groups is 1. The standard InChI is InChI=1S/C22H27FN8O/c1-16-4-5-19(14-25-16)28-21(32)26-13-17-10-18(23)12-20(11-17)30-6-8-31(9-7-30)22(27-15-24)29(2)3/h4-5,10-12,14H,6-9,13H2,1-3H3,(H2,26,28,32). The molecule has 1 saturated heterocycles. The van der Waals surface area contributed by atoms with Crippen LogP contribution >= 0.6 is 0 Å². The number of carbonyl (C=O) groups excluding carboxylic acids is 1. The number of aryl methyl sites for hydroxylation is 1. The fraction of sp³-hybridized carbons (Fsp3) is 0.364. The van der Waals surface area contributed by atoms with Gasteiger partial charge in [-0.15, -0.1) is 4.99 Å². The zero-order valence-corrected chi connectivity index (χ0v) is 18.5. The van der Waals surface area contributed by atoms with Crippen molar-refractivity contribution in [3.8, 4) is 6.19 Å². The molecule has 32 heavy (non-hydrogen) atoms. The van der Waals surface area contributed by atoms with Gasteiger partial charge in [0.25, 0.3) is 0 Å². The Kier molecular flexibility index (Phi) is 7.44. The molecule has 2 amide bonds. The SMILES string of the molecule is Cc1ccc(NC(=O)NCc2cc(F)cc(N3CCN(C(=NC#N)N(C)C)CC3)c2)cn1. The largest absolute Gasteiger partial charge is 0.368 e. The smallest absolute Gasteiger partial charge is 0.319 e. The number of nitrogens with one attached hydrogen (secondary N) is 2. The summed E-state index contributed by atoms with van der Waals surface area (Å²) in [6.45, 7) is 4.71. The molecule has 9 nitrogen and oxygen atoms in total. The molecule has 0 unspecified atom stereocenters. The molecule has 1 fully saturated rings. The molecule has 1 aliphatic heterocycles. The maximum absolute atomic E-state index is 14.3. The third-order valence-corrected chi connectivity index (χ3v) is 5.04. The van der Waals surface area contributed by atoms with Crippen LogP contribution in [0.5, 0.6) is 0 Å². The van der Waals surface area contributed by atoms with Crippen molar-refractivity contribution in [1.29, 1.82) is 5.26 Å². The number of hydrogen-bond acceptors (Lipinski definition) is 5. The Morgan fingerprint density at radius 3 is 2.62 bits per heavy atom. The summed E-state index contributed by atoms with van der Waals surface area (Å²) >= 11 is 0. The van der Waals surface area contributed by atoms with Gasteiger partial charge in [0.1, 0.15) is 5.82 Å². The highest BCUT2D eigenvalue weighted by Crippen LogP contribution is 2.21. The summed E-state index contributed by atoms with van der Waals surface area (Å²) in [5.74, 6) is 0.260. The number of aromatic nitrogens is 1. The second-order valence-corrected chi connectivity index (χ2v) is 7.69. The van der Waals surface area contributed by atoms with E-state index in [-0.39, 0.29) is 18.4 Å². The third-order valence-electron chi connectivity index (χ3n) is 5.04. The number of hydrogen-bond donors (Lipinski definition) is 2. The van der Waals surface area contributed by atoms with Crippen molar-refractivity contribution in [3.63, 3.8) is 0 Å². The van der Waals surface area contributed by atoms with Crippen molar-refractivity contribution in [2.45, 2.75) is 13.5 Å². The van der Waals surface area contributed by atoms with Crippen LogP contribution < -0.4 is 15.5 Å². The molecular formula is C22H27FN8O. The Morgan fingerprint density at radius 1 is 1.25 bits per heavy atom. The van der Waals surface area contributed by atoms with Crippen molar-refractivity contribution in [1.82, 2.24) is 20.1 Å². The van der Waals surface area contributed by atoms with Gasteiger partial charge >= 0.3 is 6.03 Å². The van der Waals surface area contributed by atoms with E-state index in [1.165, 1.54) is 12.1 Å². The van der Waals surface area contributed by atoms with Crippen LogP contribution in [0.3, 0.4) is 0 Å². The lowest BCUT2D eigenvalue weighted by atomic mass is 10.1. The first-order chi connectivity index (χ1) is 15.4. The lowest BCUT2D eigenvalue weighted by molar-refractivity contribution is 0.251. The van der Waals surface area contributed by atoms with Crippen molar-refractivity contribution in [2.75, 3.05) is 50.5 Å². The number of nitriles is 1. The van der Waals surface area contributed by atoms with E-state index in [1.54, 1.807) is 12.3 Å². The summed E-state index contributed by atoms with van der Waals surface area (Å²) in [4.78, 5) is 26.1. The van der Waals surface area contributed by atoms with E-state index < -0.39 is 0 Å². The number of benzene rings is 1. The molecule has 0 spiro atoms. The van der Waals surface area contributed by atoms with Crippen LogP contribution in [0.2, 0.25) is 0 Å². The van der Waals surface area contributed by atoms with Gasteiger partial charge in [0, 0.05) is 58.2 Å². The van der Waals surface area contributed by atoms with Crippen molar-refractivity contribution >= 4 is 23.4 Å². The van der Waals surface area contributed by atoms with Gasteiger partial charge < -0.3 is 25.3 Å². The molecule has 2 aromatic rings. The number of nitrogens with zero attached hydrogens (tertiary/aromatic N) is 6. The Morgan fingerprint density at radius 2 is 2.00 bits per heavy atom. The fourth-order valence-electron chi connectivity index (χ4n) is 3.48. The third kappa shape index (κ3) is 6.07. The van der Waals surface area contributed by atoms with Crippen LogP contribution in [-0.2, 0) is 6.54 Å². The topological polar surface area (TPSA) is 99.9 Å².